The van der Waals surface area contributed by atoms with Gasteiger partial charge in [-0.05, 0) is 31.0 Å². The molecule has 1 unspecified atom stereocenters. The number of nitrogens with zero attached hydrogens (tertiary/aromatic N) is 1. The number of thiocarbonyl (C=S) groups is 1. The lowest BCUT2D eigenvalue weighted by Gasteiger charge is -2.31. The van der Waals surface area contributed by atoms with Crippen molar-refractivity contribution in [2.75, 3.05) is 0 Å². The lowest BCUT2D eigenvalue weighted by atomic mass is 10.0. The molecule has 1 aromatic heterocycles. The summed E-state index contributed by atoms with van der Waals surface area (Å²) in [7, 11) is 0. The molecular weight excluding hydrogens is 392 g/mol. The summed E-state index contributed by atoms with van der Waals surface area (Å²) >= 11 is 7.22. The average Bonchev–Trinajstić information content (AvgIpc) is 3.23. The van der Waals surface area contributed by atoms with Gasteiger partial charge in [0.1, 0.15) is 23.4 Å². The predicted molar refractivity (Wildman–Crippen MR) is 115 cm³/mol. The number of ether oxygens (including phenoxy) is 1. The average molecular weight is 417 g/mol. The molecule has 148 valence electrons. The van der Waals surface area contributed by atoms with Crippen LogP contribution in [-0.4, -0.2) is 27.7 Å². The fourth-order valence-electron chi connectivity index (χ4n) is 3.31. The lowest BCUT2D eigenvalue weighted by molar-refractivity contribution is -0.136. The van der Waals surface area contributed by atoms with Gasteiger partial charge in [-0.1, -0.05) is 43.8 Å². The Morgan fingerprint density at radius 1 is 1.25 bits per heavy atom. The molecule has 1 N–H and O–H groups in total. The summed E-state index contributed by atoms with van der Waals surface area (Å²) in [5, 5.41) is 4.45. The van der Waals surface area contributed by atoms with Crippen LogP contribution in [0.25, 0.3) is 0 Å². The Balaban J connectivity index is 0.00000109. The molecule has 5 nitrogen and oxygen atoms in total. The third-order valence-corrected chi connectivity index (χ3v) is 6.23. The van der Waals surface area contributed by atoms with E-state index in [1.54, 1.807) is 11.3 Å². The fraction of sp³-hybridized carbons (Fsp3) is 0.381. The molecule has 2 aromatic rings. The Morgan fingerprint density at radius 2 is 1.96 bits per heavy atom. The SMILES string of the molecule is CC.Cc1ccc(OCc2scc3c2CN(C2CCC(=O)NC2=O)C3=S)cc1. The van der Waals surface area contributed by atoms with E-state index in [0.29, 0.717) is 31.0 Å². The summed E-state index contributed by atoms with van der Waals surface area (Å²) in [6, 6.07) is 7.60. The number of nitrogens with one attached hydrogen (secondary N) is 1. The van der Waals surface area contributed by atoms with E-state index >= 15 is 0 Å². The number of amides is 2. The van der Waals surface area contributed by atoms with E-state index in [9.17, 15) is 9.59 Å². The van der Waals surface area contributed by atoms with Gasteiger partial charge in [0, 0.05) is 28.8 Å². The highest BCUT2D eigenvalue weighted by Gasteiger charge is 2.38. The van der Waals surface area contributed by atoms with E-state index in [2.05, 4.69) is 5.32 Å². The molecule has 2 aliphatic heterocycles. The van der Waals surface area contributed by atoms with Crippen molar-refractivity contribution in [3.05, 3.63) is 51.2 Å². The molecular formula is C21H24N2O3S2. The maximum atomic E-state index is 12.2. The van der Waals surface area contributed by atoms with Gasteiger partial charge in [-0.25, -0.2) is 0 Å². The Labute approximate surface area is 174 Å². The van der Waals surface area contributed by atoms with Crippen LogP contribution in [0.5, 0.6) is 5.75 Å². The number of hydrogen-bond donors (Lipinski definition) is 1. The molecule has 0 bridgehead atoms. The van der Waals surface area contributed by atoms with Crippen LogP contribution in [0.2, 0.25) is 0 Å². The van der Waals surface area contributed by atoms with Gasteiger partial charge in [0.15, 0.2) is 0 Å². The zero-order chi connectivity index (χ0) is 20.3. The van der Waals surface area contributed by atoms with Crippen molar-refractivity contribution in [3.63, 3.8) is 0 Å². The Bertz CT molecular complexity index is 890. The number of fused-ring (bicyclic) bond motifs is 1. The largest absolute Gasteiger partial charge is 0.488 e. The predicted octanol–water partition coefficient (Wildman–Crippen LogP) is 3.96. The van der Waals surface area contributed by atoms with Crippen LogP contribution < -0.4 is 10.1 Å². The van der Waals surface area contributed by atoms with Crippen molar-refractivity contribution < 1.29 is 14.3 Å². The zero-order valence-electron chi connectivity index (χ0n) is 16.3. The minimum atomic E-state index is -0.372. The molecule has 3 heterocycles. The van der Waals surface area contributed by atoms with Crippen LogP contribution in [0.3, 0.4) is 0 Å². The summed E-state index contributed by atoms with van der Waals surface area (Å²) in [6.07, 6.45) is 0.861. The van der Waals surface area contributed by atoms with Crippen LogP contribution in [-0.2, 0) is 22.7 Å². The number of carbonyl (C=O) groups excluding carboxylic acids is 2. The highest BCUT2D eigenvalue weighted by Crippen LogP contribution is 2.35. The summed E-state index contributed by atoms with van der Waals surface area (Å²) in [5.41, 5.74) is 3.34. The molecule has 0 radical (unpaired) electrons. The smallest absolute Gasteiger partial charge is 0.249 e. The van der Waals surface area contributed by atoms with E-state index in [1.165, 1.54) is 5.56 Å². The Hall–Kier alpha value is -2.25. The molecule has 0 spiro atoms. The molecule has 7 heteroatoms. The molecule has 2 amide bonds. The summed E-state index contributed by atoms with van der Waals surface area (Å²) in [6.45, 7) is 7.12. The first-order valence-corrected chi connectivity index (χ1v) is 10.7. The molecule has 1 atom stereocenters. The first-order chi connectivity index (χ1) is 13.5. The fourth-order valence-corrected chi connectivity index (χ4v) is 4.71. The highest BCUT2D eigenvalue weighted by molar-refractivity contribution is 7.80. The quantitative estimate of drug-likeness (QED) is 0.604. The standard InChI is InChI=1S/C19H18N2O3S2.C2H6/c1-11-2-4-12(5-3-11)24-9-16-13-8-21(19(25)14(13)10-26-16)15-6-7-17(22)20-18(15)23;1-2/h2-5,10,15H,6-9H2,1H3,(H,20,22,23);1-2H3. The van der Waals surface area contributed by atoms with Gasteiger partial charge in [0.05, 0.1) is 0 Å². The molecule has 2 aliphatic rings. The van der Waals surface area contributed by atoms with Gasteiger partial charge in [-0.2, -0.15) is 0 Å². The second-order valence-electron chi connectivity index (χ2n) is 6.55. The minimum Gasteiger partial charge on any atom is -0.488 e. The third-order valence-electron chi connectivity index (χ3n) is 4.78. The second-order valence-corrected chi connectivity index (χ2v) is 7.90. The summed E-state index contributed by atoms with van der Waals surface area (Å²) in [4.78, 5) is 27.3. The van der Waals surface area contributed by atoms with Crippen LogP contribution >= 0.6 is 23.6 Å². The van der Waals surface area contributed by atoms with Crippen LogP contribution in [0, 0.1) is 6.92 Å². The van der Waals surface area contributed by atoms with Gasteiger partial charge in [0.25, 0.3) is 0 Å². The monoisotopic (exact) mass is 416 g/mol. The molecule has 0 saturated carbocycles. The Kier molecular flexibility index (Phi) is 6.46. The summed E-state index contributed by atoms with van der Waals surface area (Å²) in [5.74, 6) is 0.368. The van der Waals surface area contributed by atoms with E-state index in [0.717, 1.165) is 21.8 Å². The third kappa shape index (κ3) is 4.10. The first kappa shape index (κ1) is 20.5. The topological polar surface area (TPSA) is 58.6 Å². The number of aryl methyl sites for hydroxylation is 1. The summed E-state index contributed by atoms with van der Waals surface area (Å²) < 4.78 is 5.91. The second kappa shape index (κ2) is 8.84. The molecule has 1 fully saturated rings. The van der Waals surface area contributed by atoms with E-state index in [-0.39, 0.29) is 17.9 Å². The zero-order valence-corrected chi connectivity index (χ0v) is 17.9. The van der Waals surface area contributed by atoms with Crippen LogP contribution in [0.4, 0.5) is 0 Å². The maximum Gasteiger partial charge on any atom is 0.249 e. The number of carbonyl (C=O) groups is 2. The van der Waals surface area contributed by atoms with Gasteiger partial charge in [-0.3, -0.25) is 14.9 Å². The molecule has 0 aliphatic carbocycles. The number of benzene rings is 1. The van der Waals surface area contributed by atoms with Crippen molar-refractivity contribution in [2.45, 2.75) is 52.8 Å². The van der Waals surface area contributed by atoms with Gasteiger partial charge >= 0.3 is 0 Å². The van der Waals surface area contributed by atoms with Gasteiger partial charge in [0.2, 0.25) is 11.8 Å². The minimum absolute atomic E-state index is 0.210. The number of imide groups is 1. The molecule has 4 rings (SSSR count). The molecule has 28 heavy (non-hydrogen) atoms. The van der Waals surface area contributed by atoms with E-state index in [4.69, 9.17) is 17.0 Å². The van der Waals surface area contributed by atoms with Crippen LogP contribution in [0.15, 0.2) is 29.6 Å². The van der Waals surface area contributed by atoms with Crippen LogP contribution in [0.1, 0.15) is 48.3 Å². The van der Waals surface area contributed by atoms with Gasteiger partial charge in [-0.15, -0.1) is 11.3 Å². The van der Waals surface area contributed by atoms with Crippen molar-refractivity contribution in [2.24, 2.45) is 0 Å². The number of hydrogen-bond acceptors (Lipinski definition) is 5. The number of thiophene rings is 1. The normalized spacial score (nSPS) is 18.3. The molecule has 1 aromatic carbocycles. The van der Waals surface area contributed by atoms with Crippen molar-refractivity contribution in [1.29, 1.82) is 0 Å². The Morgan fingerprint density at radius 3 is 2.64 bits per heavy atom. The van der Waals surface area contributed by atoms with E-state index < -0.39 is 0 Å². The highest BCUT2D eigenvalue weighted by atomic mass is 32.1. The number of piperidine rings is 1. The first-order valence-electron chi connectivity index (χ1n) is 9.46. The lowest BCUT2D eigenvalue weighted by Crippen LogP contribution is -2.52. The number of rotatable bonds is 4. The maximum absolute atomic E-state index is 12.2. The molecule has 1 saturated heterocycles. The van der Waals surface area contributed by atoms with E-state index in [1.807, 2.05) is 55.3 Å². The van der Waals surface area contributed by atoms with Gasteiger partial charge < -0.3 is 9.64 Å². The van der Waals surface area contributed by atoms with Crippen molar-refractivity contribution in [3.8, 4) is 5.75 Å². The van der Waals surface area contributed by atoms with Crippen molar-refractivity contribution in [1.82, 2.24) is 10.2 Å². The van der Waals surface area contributed by atoms with Crippen molar-refractivity contribution >= 4 is 40.4 Å².